The molecule has 4 rings (SSSR count). The fraction of sp³-hybridized carbons (Fsp3) is 0.600. The highest BCUT2D eigenvalue weighted by Crippen LogP contribution is 2.35. The molecule has 0 aliphatic heterocycles. The van der Waals surface area contributed by atoms with Crippen molar-refractivity contribution in [2.24, 2.45) is 11.8 Å². The Bertz CT molecular complexity index is 915. The molecular weight excluding hydrogens is 500 g/mol. The quantitative estimate of drug-likeness (QED) is 0.173. The summed E-state index contributed by atoms with van der Waals surface area (Å²) in [6.45, 7) is 4.63. The number of aliphatic hydroxyl groups excluding tert-OH is 2. The normalized spacial score (nSPS) is 28.5. The van der Waals surface area contributed by atoms with E-state index in [1.165, 1.54) is 0 Å². The van der Waals surface area contributed by atoms with E-state index in [4.69, 9.17) is 13.3 Å². The summed E-state index contributed by atoms with van der Waals surface area (Å²) in [5, 5.41) is 20.9. The van der Waals surface area contributed by atoms with E-state index in [1.54, 1.807) is 12.0 Å². The van der Waals surface area contributed by atoms with Crippen LogP contribution in [-0.2, 0) is 3.87 Å². The SMILES string of the molecule is C[Si](C)(CCC1CCC(O)C(Oc2ccccc2)C1)OSCCC1CCC(O)C(Oc2ccccc2)C1. The largest absolute Gasteiger partial charge is 0.488 e. The Hall–Kier alpha value is -1.51. The van der Waals surface area contributed by atoms with E-state index < -0.39 is 8.32 Å². The van der Waals surface area contributed by atoms with Crippen LogP contribution in [0.1, 0.15) is 51.4 Å². The van der Waals surface area contributed by atoms with Crippen LogP contribution in [0, 0.1) is 11.8 Å². The first-order valence-corrected chi connectivity index (χ1v) is 18.0. The van der Waals surface area contributed by atoms with Crippen LogP contribution in [0.15, 0.2) is 60.7 Å². The van der Waals surface area contributed by atoms with Crippen molar-refractivity contribution in [2.75, 3.05) is 5.75 Å². The second kappa shape index (κ2) is 14.0. The van der Waals surface area contributed by atoms with Gasteiger partial charge in [0.25, 0.3) is 0 Å². The van der Waals surface area contributed by atoms with E-state index in [-0.39, 0.29) is 24.4 Å². The summed E-state index contributed by atoms with van der Waals surface area (Å²) in [4.78, 5) is 0. The number of benzene rings is 2. The van der Waals surface area contributed by atoms with E-state index >= 15 is 0 Å². The maximum atomic E-state index is 10.5. The Labute approximate surface area is 228 Å². The van der Waals surface area contributed by atoms with Gasteiger partial charge in [0.15, 0.2) is 0 Å². The lowest BCUT2D eigenvalue weighted by Crippen LogP contribution is -2.39. The zero-order valence-electron chi connectivity index (χ0n) is 22.3. The summed E-state index contributed by atoms with van der Waals surface area (Å²) in [5.74, 6) is 3.80. The fourth-order valence-corrected chi connectivity index (χ4v) is 9.00. The zero-order chi connectivity index (χ0) is 26.1. The van der Waals surface area contributed by atoms with Gasteiger partial charge in [-0.2, -0.15) is 0 Å². The highest BCUT2D eigenvalue weighted by Gasteiger charge is 2.34. The van der Waals surface area contributed by atoms with E-state index in [1.807, 2.05) is 60.7 Å². The van der Waals surface area contributed by atoms with E-state index in [9.17, 15) is 10.2 Å². The monoisotopic (exact) mass is 544 g/mol. The third-order valence-electron chi connectivity index (χ3n) is 7.84. The maximum Gasteiger partial charge on any atom is 0.205 e. The highest BCUT2D eigenvalue weighted by atomic mass is 32.2. The zero-order valence-corrected chi connectivity index (χ0v) is 24.2. The molecule has 0 amide bonds. The van der Waals surface area contributed by atoms with Crippen LogP contribution >= 0.6 is 12.0 Å². The molecule has 2 aliphatic carbocycles. The molecule has 2 N–H and O–H groups in total. The lowest BCUT2D eigenvalue weighted by atomic mass is 9.84. The van der Waals surface area contributed by atoms with Crippen LogP contribution < -0.4 is 9.47 Å². The molecule has 0 heterocycles. The topological polar surface area (TPSA) is 68.2 Å². The molecule has 0 aromatic heterocycles. The number of hydrogen-bond donors (Lipinski definition) is 2. The number of hydrogen-bond acceptors (Lipinski definition) is 6. The minimum absolute atomic E-state index is 0.120. The van der Waals surface area contributed by atoms with Crippen molar-refractivity contribution in [2.45, 2.75) is 94.9 Å². The van der Waals surface area contributed by atoms with Crippen molar-refractivity contribution < 1.29 is 23.6 Å². The van der Waals surface area contributed by atoms with E-state index in [0.717, 1.165) is 74.7 Å². The Morgan fingerprint density at radius 3 is 1.73 bits per heavy atom. The average molecular weight is 545 g/mol. The van der Waals surface area contributed by atoms with Crippen molar-refractivity contribution in [1.82, 2.24) is 0 Å². The molecule has 2 aliphatic rings. The third-order valence-corrected chi connectivity index (χ3v) is 12.0. The Balaban J connectivity index is 1.14. The first-order chi connectivity index (χ1) is 17.9. The van der Waals surface area contributed by atoms with Gasteiger partial charge in [0.05, 0.1) is 12.2 Å². The minimum Gasteiger partial charge on any atom is -0.488 e. The van der Waals surface area contributed by atoms with Gasteiger partial charge in [-0.1, -0.05) is 42.8 Å². The molecule has 0 radical (unpaired) electrons. The summed E-state index contributed by atoms with van der Waals surface area (Å²) in [7, 11) is -1.77. The van der Waals surface area contributed by atoms with Gasteiger partial charge in [0.1, 0.15) is 23.7 Å². The average Bonchev–Trinajstić information content (AvgIpc) is 2.90. The fourth-order valence-electron chi connectivity index (χ4n) is 5.53. The highest BCUT2D eigenvalue weighted by molar-refractivity contribution is 7.95. The second-order valence-corrected chi connectivity index (χ2v) is 16.8. The third kappa shape index (κ3) is 9.32. The lowest BCUT2D eigenvalue weighted by molar-refractivity contribution is -0.0110. The minimum atomic E-state index is -1.77. The molecule has 7 heteroatoms. The second-order valence-electron chi connectivity index (χ2n) is 11.4. The molecule has 0 spiro atoms. The van der Waals surface area contributed by atoms with Crippen molar-refractivity contribution in [3.63, 3.8) is 0 Å². The van der Waals surface area contributed by atoms with Crippen molar-refractivity contribution in [3.05, 3.63) is 60.7 Å². The van der Waals surface area contributed by atoms with Crippen LogP contribution in [0.2, 0.25) is 19.1 Å². The number of aliphatic hydroxyl groups is 2. The molecule has 204 valence electrons. The number of para-hydroxylation sites is 2. The molecule has 0 saturated heterocycles. The van der Waals surface area contributed by atoms with Crippen LogP contribution in [0.4, 0.5) is 0 Å². The van der Waals surface area contributed by atoms with Crippen LogP contribution in [0.3, 0.4) is 0 Å². The summed E-state index contributed by atoms with van der Waals surface area (Å²) in [5.41, 5.74) is 0. The first-order valence-electron chi connectivity index (χ1n) is 14.0. The molecule has 37 heavy (non-hydrogen) atoms. The predicted octanol–water partition coefficient (Wildman–Crippen LogP) is 6.85. The first kappa shape index (κ1) is 28.5. The molecule has 5 nitrogen and oxygen atoms in total. The van der Waals surface area contributed by atoms with Gasteiger partial charge in [0, 0.05) is 5.75 Å². The van der Waals surface area contributed by atoms with Crippen molar-refractivity contribution in [3.8, 4) is 11.5 Å². The van der Waals surface area contributed by atoms with Gasteiger partial charge >= 0.3 is 0 Å². The molecule has 6 atom stereocenters. The Morgan fingerprint density at radius 2 is 1.22 bits per heavy atom. The number of rotatable bonds is 12. The summed E-state index contributed by atoms with van der Waals surface area (Å²) in [6, 6.07) is 20.8. The standard InChI is InChI=1S/C30H44O5SSi/c1-37(2,20-18-24-14-16-28(32)30(22-24)34-26-11-7-4-8-12-26)35-36-19-17-23-13-15-27(31)29(21-23)33-25-9-5-3-6-10-25/h3-12,23-24,27-32H,13-22H2,1-2H3. The van der Waals surface area contributed by atoms with E-state index in [0.29, 0.717) is 11.8 Å². The van der Waals surface area contributed by atoms with Crippen LogP contribution in [0.5, 0.6) is 11.5 Å². The molecule has 2 saturated carbocycles. The van der Waals surface area contributed by atoms with Crippen molar-refractivity contribution >= 4 is 20.4 Å². The van der Waals surface area contributed by atoms with Gasteiger partial charge < -0.3 is 23.6 Å². The van der Waals surface area contributed by atoms with Crippen molar-refractivity contribution in [1.29, 1.82) is 0 Å². The summed E-state index contributed by atoms with van der Waals surface area (Å²) < 4.78 is 18.6. The van der Waals surface area contributed by atoms with Crippen LogP contribution in [0.25, 0.3) is 0 Å². The van der Waals surface area contributed by atoms with E-state index in [2.05, 4.69) is 13.1 Å². The molecule has 2 aromatic rings. The number of ether oxygens (including phenoxy) is 2. The summed E-state index contributed by atoms with van der Waals surface area (Å²) in [6.07, 6.45) is 6.76. The molecular formula is C30H44O5SSi. The maximum absolute atomic E-state index is 10.5. The molecule has 2 fully saturated rings. The van der Waals surface area contributed by atoms with Crippen LogP contribution in [-0.4, -0.2) is 48.7 Å². The summed E-state index contributed by atoms with van der Waals surface area (Å²) >= 11 is 1.64. The van der Waals surface area contributed by atoms with Gasteiger partial charge in [-0.05, 0) is 112 Å². The molecule has 0 bridgehead atoms. The Kier molecular flexibility index (Phi) is 10.8. The van der Waals surface area contributed by atoms with Gasteiger partial charge in [0.2, 0.25) is 8.32 Å². The predicted molar refractivity (Wildman–Crippen MR) is 153 cm³/mol. The van der Waals surface area contributed by atoms with Gasteiger partial charge in [-0.3, -0.25) is 0 Å². The van der Waals surface area contributed by atoms with Gasteiger partial charge in [-0.15, -0.1) is 0 Å². The smallest absolute Gasteiger partial charge is 0.205 e. The van der Waals surface area contributed by atoms with Gasteiger partial charge in [-0.25, -0.2) is 0 Å². The molecule has 6 unspecified atom stereocenters. The lowest BCUT2D eigenvalue weighted by Gasteiger charge is -2.35. The molecule has 2 aromatic carbocycles. The Morgan fingerprint density at radius 1 is 0.730 bits per heavy atom.